The second-order valence-corrected chi connectivity index (χ2v) is 6.20. The number of hydrogen-bond donors (Lipinski definition) is 1. The number of aliphatic hydroxyl groups is 1. The number of carbonyl (C=O) groups is 1. The van der Waals surface area contributed by atoms with Gasteiger partial charge in [-0.1, -0.05) is 0 Å². The van der Waals surface area contributed by atoms with Crippen LogP contribution in [0.2, 0.25) is 0 Å². The highest BCUT2D eigenvalue weighted by atomic mass is 19.1. The highest BCUT2D eigenvalue weighted by molar-refractivity contribution is 5.91. The van der Waals surface area contributed by atoms with E-state index in [-0.39, 0.29) is 18.3 Å². The van der Waals surface area contributed by atoms with Gasteiger partial charge in [-0.3, -0.25) is 9.78 Å². The molecule has 0 radical (unpaired) electrons. The maximum Gasteiger partial charge on any atom is 0.274 e. The number of ether oxygens (including phenoxy) is 1. The van der Waals surface area contributed by atoms with Crippen LogP contribution >= 0.6 is 0 Å². The maximum absolute atomic E-state index is 12.9. The van der Waals surface area contributed by atoms with Crippen LogP contribution in [0.4, 0.5) is 4.39 Å². The van der Waals surface area contributed by atoms with Crippen molar-refractivity contribution in [1.82, 2.24) is 14.9 Å². The minimum absolute atomic E-state index is 0.103. The molecule has 1 aliphatic heterocycles. The highest BCUT2D eigenvalue weighted by Gasteiger charge is 2.33. The van der Waals surface area contributed by atoms with Crippen LogP contribution in [0.25, 0.3) is 0 Å². The Morgan fingerprint density at radius 3 is 2.76 bits per heavy atom. The SMILES string of the molecule is O=C(c1cnccn1)N1CCCC(O)(COc2ccc(F)cc2)CC1. The van der Waals surface area contributed by atoms with E-state index in [0.29, 0.717) is 43.8 Å². The summed E-state index contributed by atoms with van der Waals surface area (Å²) in [5.74, 6) is -0.0120. The monoisotopic (exact) mass is 345 g/mol. The highest BCUT2D eigenvalue weighted by Crippen LogP contribution is 2.24. The molecule has 2 heterocycles. The Morgan fingerprint density at radius 2 is 2.04 bits per heavy atom. The minimum atomic E-state index is -1.02. The average Bonchev–Trinajstić information content (AvgIpc) is 2.84. The van der Waals surface area contributed by atoms with Crippen LogP contribution in [0.15, 0.2) is 42.9 Å². The van der Waals surface area contributed by atoms with Crippen molar-refractivity contribution in [3.63, 3.8) is 0 Å². The molecule has 132 valence electrons. The Morgan fingerprint density at radius 1 is 1.24 bits per heavy atom. The van der Waals surface area contributed by atoms with E-state index in [1.54, 1.807) is 4.90 Å². The molecule has 1 fully saturated rings. The third-order valence-corrected chi connectivity index (χ3v) is 4.31. The Labute approximate surface area is 145 Å². The van der Waals surface area contributed by atoms with E-state index in [0.717, 1.165) is 0 Å². The summed E-state index contributed by atoms with van der Waals surface area (Å²) < 4.78 is 18.5. The van der Waals surface area contributed by atoms with E-state index in [2.05, 4.69) is 9.97 Å². The van der Waals surface area contributed by atoms with Crippen molar-refractivity contribution in [3.05, 3.63) is 54.4 Å². The van der Waals surface area contributed by atoms with Crippen molar-refractivity contribution in [2.45, 2.75) is 24.9 Å². The molecule has 1 aromatic carbocycles. The number of hydrogen-bond acceptors (Lipinski definition) is 5. The molecular formula is C18H20FN3O3. The van der Waals surface area contributed by atoms with E-state index in [1.807, 2.05) is 0 Å². The quantitative estimate of drug-likeness (QED) is 0.918. The summed E-state index contributed by atoms with van der Waals surface area (Å²) in [6.45, 7) is 1.07. The zero-order chi connectivity index (χ0) is 17.7. The molecule has 1 N–H and O–H groups in total. The van der Waals surface area contributed by atoms with Gasteiger partial charge in [-0.05, 0) is 43.5 Å². The van der Waals surface area contributed by atoms with Crippen molar-refractivity contribution in [2.75, 3.05) is 19.7 Å². The third kappa shape index (κ3) is 4.51. The lowest BCUT2D eigenvalue weighted by molar-refractivity contribution is -0.0163. The number of benzene rings is 1. The molecule has 6 nitrogen and oxygen atoms in total. The lowest BCUT2D eigenvalue weighted by atomic mass is 9.96. The second-order valence-electron chi connectivity index (χ2n) is 6.20. The summed E-state index contributed by atoms with van der Waals surface area (Å²) in [5, 5.41) is 10.8. The fourth-order valence-electron chi connectivity index (χ4n) is 2.85. The predicted molar refractivity (Wildman–Crippen MR) is 88.6 cm³/mol. The molecule has 0 spiro atoms. The molecule has 1 aliphatic rings. The molecule has 1 atom stereocenters. The molecular weight excluding hydrogens is 325 g/mol. The fourth-order valence-corrected chi connectivity index (χ4v) is 2.85. The largest absolute Gasteiger partial charge is 0.491 e. The van der Waals surface area contributed by atoms with Gasteiger partial charge in [0.15, 0.2) is 0 Å². The lowest BCUT2D eigenvalue weighted by Crippen LogP contribution is -2.38. The molecule has 25 heavy (non-hydrogen) atoms. The normalized spacial score (nSPS) is 20.8. The Bertz CT molecular complexity index is 711. The maximum atomic E-state index is 12.9. The summed E-state index contributed by atoms with van der Waals surface area (Å²) in [5.41, 5.74) is -0.721. The van der Waals surface area contributed by atoms with Gasteiger partial charge in [-0.15, -0.1) is 0 Å². The van der Waals surface area contributed by atoms with Gasteiger partial charge in [-0.25, -0.2) is 9.37 Å². The van der Waals surface area contributed by atoms with Crippen LogP contribution in [0.5, 0.6) is 5.75 Å². The van der Waals surface area contributed by atoms with Crippen molar-refractivity contribution in [3.8, 4) is 5.75 Å². The van der Waals surface area contributed by atoms with E-state index in [4.69, 9.17) is 4.74 Å². The molecule has 1 saturated heterocycles. The number of likely N-dealkylation sites (tertiary alicyclic amines) is 1. The Hall–Kier alpha value is -2.54. The molecule has 1 unspecified atom stereocenters. The first kappa shape index (κ1) is 17.3. The standard InChI is InChI=1S/C18H20FN3O3/c19-14-2-4-15(5-3-14)25-13-18(24)6-1-10-22(11-7-18)17(23)16-12-20-8-9-21-16/h2-5,8-9,12,24H,1,6-7,10-11,13H2. The van der Waals surface area contributed by atoms with Crippen molar-refractivity contribution in [1.29, 1.82) is 0 Å². The molecule has 2 aromatic rings. The van der Waals surface area contributed by atoms with Gasteiger partial charge in [0, 0.05) is 25.5 Å². The Kier molecular flexibility index (Phi) is 5.23. The van der Waals surface area contributed by atoms with Crippen LogP contribution in [-0.2, 0) is 0 Å². The van der Waals surface area contributed by atoms with Crippen molar-refractivity contribution in [2.24, 2.45) is 0 Å². The van der Waals surface area contributed by atoms with Gasteiger partial charge in [0.05, 0.1) is 6.20 Å². The van der Waals surface area contributed by atoms with E-state index in [9.17, 15) is 14.3 Å². The Balaban J connectivity index is 1.58. The first-order valence-electron chi connectivity index (χ1n) is 8.22. The summed E-state index contributed by atoms with van der Waals surface area (Å²) in [7, 11) is 0. The number of aromatic nitrogens is 2. The van der Waals surface area contributed by atoms with Crippen LogP contribution in [0, 0.1) is 5.82 Å². The number of nitrogens with zero attached hydrogens (tertiary/aromatic N) is 3. The van der Waals surface area contributed by atoms with Gasteiger partial charge in [0.2, 0.25) is 0 Å². The molecule has 1 amide bonds. The first-order chi connectivity index (χ1) is 12.1. The fraction of sp³-hybridized carbons (Fsp3) is 0.389. The number of amides is 1. The summed E-state index contributed by atoms with van der Waals surface area (Å²) in [6.07, 6.45) is 6.04. The second kappa shape index (κ2) is 7.57. The molecule has 1 aromatic heterocycles. The average molecular weight is 345 g/mol. The third-order valence-electron chi connectivity index (χ3n) is 4.31. The van der Waals surface area contributed by atoms with E-state index >= 15 is 0 Å². The topological polar surface area (TPSA) is 75.6 Å². The molecule has 0 bridgehead atoms. The van der Waals surface area contributed by atoms with Gasteiger partial charge in [0.1, 0.15) is 29.5 Å². The molecule has 7 heteroatoms. The zero-order valence-corrected chi connectivity index (χ0v) is 13.8. The molecule has 0 saturated carbocycles. The van der Waals surface area contributed by atoms with Gasteiger partial charge >= 0.3 is 0 Å². The number of rotatable bonds is 4. The van der Waals surface area contributed by atoms with Crippen molar-refractivity contribution < 1.29 is 19.0 Å². The summed E-state index contributed by atoms with van der Waals surface area (Å²) >= 11 is 0. The van der Waals surface area contributed by atoms with E-state index < -0.39 is 5.60 Å². The van der Waals surface area contributed by atoms with Crippen LogP contribution in [-0.4, -0.2) is 51.2 Å². The van der Waals surface area contributed by atoms with Crippen LogP contribution in [0.3, 0.4) is 0 Å². The lowest BCUT2D eigenvalue weighted by Gasteiger charge is -2.27. The molecule has 0 aliphatic carbocycles. The smallest absolute Gasteiger partial charge is 0.274 e. The summed E-state index contributed by atoms with van der Waals surface area (Å²) in [6, 6.07) is 5.68. The van der Waals surface area contributed by atoms with Gasteiger partial charge < -0.3 is 14.7 Å². The van der Waals surface area contributed by atoms with Gasteiger partial charge in [-0.2, -0.15) is 0 Å². The number of carbonyl (C=O) groups excluding carboxylic acids is 1. The predicted octanol–water partition coefficient (Wildman–Crippen LogP) is 2.05. The van der Waals surface area contributed by atoms with E-state index in [1.165, 1.54) is 42.9 Å². The van der Waals surface area contributed by atoms with Gasteiger partial charge in [0.25, 0.3) is 5.91 Å². The van der Waals surface area contributed by atoms with Crippen LogP contribution in [0.1, 0.15) is 29.8 Å². The minimum Gasteiger partial charge on any atom is -0.491 e. The summed E-state index contributed by atoms with van der Waals surface area (Å²) in [4.78, 5) is 22.1. The molecule has 3 rings (SSSR count). The number of halogens is 1. The zero-order valence-electron chi connectivity index (χ0n) is 13.8. The van der Waals surface area contributed by atoms with Crippen molar-refractivity contribution >= 4 is 5.91 Å². The van der Waals surface area contributed by atoms with Crippen LogP contribution < -0.4 is 4.74 Å². The first-order valence-corrected chi connectivity index (χ1v) is 8.22.